The number of likely N-dealkylation sites (tertiary alicyclic amines) is 1. The molecule has 0 radical (unpaired) electrons. The van der Waals surface area contributed by atoms with Gasteiger partial charge in [0.05, 0.1) is 5.56 Å². The number of ether oxygens (including phenoxy) is 1. The number of Topliss-reactive ketones (excluding diaryl/α,β-unsaturated/α-hetero) is 1. The average Bonchev–Trinajstić information content (AvgIpc) is 2.76. The molecule has 128 valence electrons. The summed E-state index contributed by atoms with van der Waals surface area (Å²) < 4.78 is 10.9. The Bertz CT molecular complexity index is 582. The number of ketones is 1. The minimum Gasteiger partial charge on any atom is -0.466 e. The fraction of sp³-hybridized carbons (Fsp3) is 0.667. The summed E-state index contributed by atoms with van der Waals surface area (Å²) in [6, 6.07) is 1.68. The van der Waals surface area contributed by atoms with Crippen LogP contribution in [-0.4, -0.2) is 35.0 Å². The number of hydrogen-bond acceptors (Lipinski definition) is 4. The lowest BCUT2D eigenvalue weighted by Crippen LogP contribution is -2.46. The van der Waals surface area contributed by atoms with E-state index < -0.39 is 5.60 Å². The van der Waals surface area contributed by atoms with Gasteiger partial charge in [0, 0.05) is 19.0 Å². The summed E-state index contributed by atoms with van der Waals surface area (Å²) in [7, 11) is 0. The summed E-state index contributed by atoms with van der Waals surface area (Å²) in [6.45, 7) is 9.84. The number of hydrogen-bond donors (Lipinski definition) is 0. The van der Waals surface area contributed by atoms with Crippen LogP contribution in [0.4, 0.5) is 4.79 Å². The third-order valence-corrected chi connectivity index (χ3v) is 4.02. The van der Waals surface area contributed by atoms with E-state index in [1.165, 1.54) is 0 Å². The van der Waals surface area contributed by atoms with Crippen molar-refractivity contribution in [3.8, 4) is 0 Å². The van der Waals surface area contributed by atoms with Gasteiger partial charge in [0.2, 0.25) is 0 Å². The summed E-state index contributed by atoms with van der Waals surface area (Å²) in [5.41, 5.74) is 0.0960. The molecule has 1 aliphatic heterocycles. The molecule has 5 heteroatoms. The quantitative estimate of drug-likeness (QED) is 0.781. The highest BCUT2D eigenvalue weighted by atomic mass is 16.6. The number of carbonyl (C=O) groups is 2. The van der Waals surface area contributed by atoms with Gasteiger partial charge in [0.15, 0.2) is 5.78 Å². The van der Waals surface area contributed by atoms with E-state index in [-0.39, 0.29) is 17.9 Å². The minimum absolute atomic E-state index is 0.0276. The second kappa shape index (κ2) is 6.77. The second-order valence-corrected chi connectivity index (χ2v) is 7.28. The van der Waals surface area contributed by atoms with Crippen molar-refractivity contribution in [3.05, 3.63) is 23.2 Å². The zero-order valence-electron chi connectivity index (χ0n) is 14.8. The zero-order chi connectivity index (χ0) is 17.2. The first-order valence-corrected chi connectivity index (χ1v) is 8.27. The van der Waals surface area contributed by atoms with Crippen LogP contribution in [0.15, 0.2) is 10.5 Å². The Morgan fingerprint density at radius 2 is 2.00 bits per heavy atom. The number of piperidine rings is 1. The van der Waals surface area contributed by atoms with Crippen LogP contribution in [0.25, 0.3) is 0 Å². The van der Waals surface area contributed by atoms with Crippen LogP contribution in [0.1, 0.15) is 68.3 Å². The van der Waals surface area contributed by atoms with Crippen LogP contribution < -0.4 is 0 Å². The van der Waals surface area contributed by atoms with Crippen molar-refractivity contribution >= 4 is 11.9 Å². The number of amides is 1. The molecule has 1 amide bonds. The van der Waals surface area contributed by atoms with E-state index in [2.05, 4.69) is 0 Å². The fourth-order valence-corrected chi connectivity index (χ4v) is 3.01. The molecule has 1 unspecified atom stereocenters. The second-order valence-electron chi connectivity index (χ2n) is 7.28. The minimum atomic E-state index is -0.526. The third-order valence-electron chi connectivity index (χ3n) is 4.02. The zero-order valence-corrected chi connectivity index (χ0v) is 14.8. The summed E-state index contributed by atoms with van der Waals surface area (Å²) >= 11 is 0. The smallest absolute Gasteiger partial charge is 0.410 e. The Kier molecular flexibility index (Phi) is 5.17. The predicted octanol–water partition coefficient (Wildman–Crippen LogP) is 4.26. The first-order valence-electron chi connectivity index (χ1n) is 8.27. The van der Waals surface area contributed by atoms with Gasteiger partial charge in [-0.1, -0.05) is 0 Å². The van der Waals surface area contributed by atoms with Crippen LogP contribution in [0.5, 0.6) is 0 Å². The van der Waals surface area contributed by atoms with Crippen molar-refractivity contribution in [2.24, 2.45) is 0 Å². The molecule has 5 nitrogen and oxygen atoms in total. The van der Waals surface area contributed by atoms with E-state index in [1.807, 2.05) is 27.7 Å². The number of furan rings is 1. The van der Waals surface area contributed by atoms with Crippen molar-refractivity contribution in [1.29, 1.82) is 0 Å². The van der Waals surface area contributed by atoms with E-state index in [9.17, 15) is 9.59 Å². The maximum atomic E-state index is 12.6. The van der Waals surface area contributed by atoms with Crippen molar-refractivity contribution in [3.63, 3.8) is 0 Å². The number of rotatable bonds is 3. The first kappa shape index (κ1) is 17.6. The van der Waals surface area contributed by atoms with Crippen LogP contribution in [0.3, 0.4) is 0 Å². The lowest BCUT2D eigenvalue weighted by Gasteiger charge is -2.36. The highest BCUT2D eigenvalue weighted by Crippen LogP contribution is 2.25. The topological polar surface area (TPSA) is 59.8 Å². The molecule has 0 N–H and O–H groups in total. The summed E-state index contributed by atoms with van der Waals surface area (Å²) in [6.07, 6.45) is 2.81. The molecule has 1 aliphatic rings. The van der Waals surface area contributed by atoms with Crippen molar-refractivity contribution in [2.45, 2.75) is 71.9 Å². The molecule has 0 bridgehead atoms. The largest absolute Gasteiger partial charge is 0.466 e. The predicted molar refractivity (Wildman–Crippen MR) is 87.7 cm³/mol. The lowest BCUT2D eigenvalue weighted by atomic mass is 9.95. The summed E-state index contributed by atoms with van der Waals surface area (Å²) in [5, 5.41) is 0. The van der Waals surface area contributed by atoms with E-state index in [4.69, 9.17) is 9.15 Å². The molecule has 1 fully saturated rings. The van der Waals surface area contributed by atoms with Gasteiger partial charge in [-0.3, -0.25) is 4.79 Å². The first-order chi connectivity index (χ1) is 10.7. The maximum Gasteiger partial charge on any atom is 0.410 e. The number of aryl methyl sites for hydroxylation is 2. The standard InChI is InChI=1S/C18H27NO4/c1-12-10-15(13(2)22-12)16(20)11-14-8-6-7-9-19(14)17(21)23-18(3,4)5/h10,14H,6-9,11H2,1-5H3. The third kappa shape index (κ3) is 4.60. The molecule has 2 heterocycles. The molecule has 23 heavy (non-hydrogen) atoms. The molecule has 1 aromatic rings. The van der Waals surface area contributed by atoms with Gasteiger partial charge >= 0.3 is 6.09 Å². The number of carbonyl (C=O) groups excluding carboxylic acids is 2. The van der Waals surface area contributed by atoms with E-state index in [1.54, 1.807) is 17.9 Å². The Morgan fingerprint density at radius 3 is 2.57 bits per heavy atom. The van der Waals surface area contributed by atoms with Crippen molar-refractivity contribution in [1.82, 2.24) is 4.90 Å². The van der Waals surface area contributed by atoms with Crippen LogP contribution in [0, 0.1) is 13.8 Å². The Morgan fingerprint density at radius 1 is 1.30 bits per heavy atom. The molecule has 1 aromatic heterocycles. The average molecular weight is 321 g/mol. The molecule has 1 atom stereocenters. The molecule has 1 saturated heterocycles. The summed E-state index contributed by atoms with van der Waals surface area (Å²) in [5.74, 6) is 1.41. The van der Waals surface area contributed by atoms with Gasteiger partial charge in [-0.2, -0.15) is 0 Å². The molecule has 0 aromatic carbocycles. The normalized spacial score (nSPS) is 18.8. The molecule has 0 aliphatic carbocycles. The Hall–Kier alpha value is -1.78. The molecular formula is C18H27NO4. The Labute approximate surface area is 138 Å². The highest BCUT2D eigenvalue weighted by molar-refractivity contribution is 5.97. The maximum absolute atomic E-state index is 12.6. The SMILES string of the molecule is Cc1cc(C(=O)CC2CCCCN2C(=O)OC(C)(C)C)c(C)o1. The van der Waals surface area contributed by atoms with Crippen LogP contribution in [-0.2, 0) is 4.74 Å². The summed E-state index contributed by atoms with van der Waals surface area (Å²) in [4.78, 5) is 26.7. The number of nitrogens with zero attached hydrogens (tertiary/aromatic N) is 1. The molecule has 0 saturated carbocycles. The van der Waals surface area contributed by atoms with Gasteiger partial charge in [-0.05, 0) is 59.9 Å². The van der Waals surface area contributed by atoms with Gasteiger partial charge in [0.1, 0.15) is 17.1 Å². The van der Waals surface area contributed by atoms with E-state index >= 15 is 0 Å². The van der Waals surface area contributed by atoms with Gasteiger partial charge in [-0.15, -0.1) is 0 Å². The molecular weight excluding hydrogens is 294 g/mol. The van der Waals surface area contributed by atoms with Crippen LogP contribution in [0.2, 0.25) is 0 Å². The lowest BCUT2D eigenvalue weighted by molar-refractivity contribution is 0.00946. The van der Waals surface area contributed by atoms with Gasteiger partial charge < -0.3 is 14.1 Å². The van der Waals surface area contributed by atoms with E-state index in [0.29, 0.717) is 24.3 Å². The molecule has 2 rings (SSSR count). The van der Waals surface area contributed by atoms with Crippen molar-refractivity contribution in [2.75, 3.05) is 6.54 Å². The van der Waals surface area contributed by atoms with Gasteiger partial charge in [-0.25, -0.2) is 4.79 Å². The van der Waals surface area contributed by atoms with E-state index in [0.717, 1.165) is 25.0 Å². The van der Waals surface area contributed by atoms with Crippen LogP contribution >= 0.6 is 0 Å². The highest BCUT2D eigenvalue weighted by Gasteiger charge is 2.32. The van der Waals surface area contributed by atoms with Crippen molar-refractivity contribution < 1.29 is 18.7 Å². The monoisotopic (exact) mass is 321 g/mol. The Balaban J connectivity index is 2.08. The molecule has 0 spiro atoms. The van der Waals surface area contributed by atoms with Gasteiger partial charge in [0.25, 0.3) is 0 Å². The fourth-order valence-electron chi connectivity index (χ4n) is 3.01.